The first-order valence-electron chi connectivity index (χ1n) is 10.8. The number of nitrogens with zero attached hydrogens (tertiary/aromatic N) is 1. The van der Waals surface area contributed by atoms with Crippen LogP contribution >= 0.6 is 0 Å². The minimum Gasteiger partial charge on any atom is -0.488 e. The molecule has 4 rings (SSSR count). The van der Waals surface area contributed by atoms with Gasteiger partial charge >= 0.3 is 12.0 Å². The van der Waals surface area contributed by atoms with E-state index in [0.717, 1.165) is 16.0 Å². The summed E-state index contributed by atoms with van der Waals surface area (Å²) >= 11 is 0. The van der Waals surface area contributed by atoms with Crippen LogP contribution in [0.25, 0.3) is 6.08 Å². The highest BCUT2D eigenvalue weighted by Gasteiger charge is 2.37. The summed E-state index contributed by atoms with van der Waals surface area (Å²) in [5.74, 6) is -2.20. The molecule has 3 aromatic rings. The molecule has 0 unspecified atom stereocenters. The summed E-state index contributed by atoms with van der Waals surface area (Å²) in [7, 11) is 0. The van der Waals surface area contributed by atoms with Crippen molar-refractivity contribution in [2.75, 3.05) is 4.90 Å². The second-order valence-electron chi connectivity index (χ2n) is 8.14. The average molecular weight is 470 g/mol. The van der Waals surface area contributed by atoms with Crippen molar-refractivity contribution in [3.63, 3.8) is 0 Å². The fourth-order valence-corrected chi connectivity index (χ4v) is 3.81. The number of hydrogen-bond donors (Lipinski definition) is 2. The Labute approximate surface area is 201 Å². The lowest BCUT2D eigenvalue weighted by molar-refractivity contribution is -0.122. The van der Waals surface area contributed by atoms with Crippen molar-refractivity contribution in [3.05, 3.63) is 100 Å². The van der Waals surface area contributed by atoms with E-state index in [9.17, 15) is 24.3 Å². The Balaban J connectivity index is 1.64. The van der Waals surface area contributed by atoms with Gasteiger partial charge in [-0.15, -0.1) is 0 Å². The molecule has 1 aliphatic heterocycles. The van der Waals surface area contributed by atoms with Gasteiger partial charge in [0.05, 0.1) is 11.3 Å². The Morgan fingerprint density at radius 2 is 1.69 bits per heavy atom. The summed E-state index contributed by atoms with van der Waals surface area (Å²) in [5, 5.41) is 11.4. The van der Waals surface area contributed by atoms with E-state index in [4.69, 9.17) is 4.74 Å². The number of carboxylic acids is 1. The predicted molar refractivity (Wildman–Crippen MR) is 129 cm³/mol. The van der Waals surface area contributed by atoms with Gasteiger partial charge in [-0.05, 0) is 66.9 Å². The van der Waals surface area contributed by atoms with Crippen LogP contribution < -0.4 is 15.0 Å². The number of carboxylic acid groups (broad SMARTS) is 1. The number of carbonyl (C=O) groups is 4. The van der Waals surface area contributed by atoms with E-state index in [2.05, 4.69) is 5.32 Å². The quantitative estimate of drug-likeness (QED) is 0.411. The minimum atomic E-state index is -1.04. The Kier molecular flexibility index (Phi) is 6.46. The topological polar surface area (TPSA) is 113 Å². The van der Waals surface area contributed by atoms with E-state index in [1.54, 1.807) is 48.5 Å². The molecule has 1 heterocycles. The van der Waals surface area contributed by atoms with Crippen LogP contribution in [-0.2, 0) is 16.2 Å². The number of nitrogens with one attached hydrogen (secondary N) is 1. The lowest BCUT2D eigenvalue weighted by Gasteiger charge is -2.27. The van der Waals surface area contributed by atoms with Gasteiger partial charge in [0.15, 0.2) is 0 Å². The maximum Gasteiger partial charge on any atom is 0.335 e. The number of rotatable bonds is 6. The number of aromatic carboxylic acids is 1. The van der Waals surface area contributed by atoms with E-state index in [0.29, 0.717) is 22.6 Å². The van der Waals surface area contributed by atoms with E-state index < -0.39 is 23.8 Å². The SMILES string of the molecule is Cc1cc(C)cc(N2C(=O)NC(=O)/C(=C\c3ccccc3OCc3cccc(C(=O)O)c3)C2=O)c1. The molecule has 2 N–H and O–H groups in total. The number of hydrogen-bond acceptors (Lipinski definition) is 5. The molecule has 35 heavy (non-hydrogen) atoms. The average Bonchev–Trinajstić information content (AvgIpc) is 2.80. The number of benzene rings is 3. The first-order valence-corrected chi connectivity index (χ1v) is 10.8. The van der Waals surface area contributed by atoms with Gasteiger partial charge in [0, 0.05) is 5.56 Å². The molecule has 0 bridgehead atoms. The van der Waals surface area contributed by atoms with Crippen LogP contribution in [0.5, 0.6) is 5.75 Å². The first-order chi connectivity index (χ1) is 16.7. The molecule has 1 aliphatic rings. The van der Waals surface area contributed by atoms with Crippen molar-refractivity contribution < 1.29 is 29.0 Å². The van der Waals surface area contributed by atoms with Crippen molar-refractivity contribution in [2.24, 2.45) is 0 Å². The molecule has 0 radical (unpaired) electrons. The zero-order chi connectivity index (χ0) is 25.1. The number of ether oxygens (including phenoxy) is 1. The zero-order valence-corrected chi connectivity index (χ0v) is 19.1. The monoisotopic (exact) mass is 470 g/mol. The lowest BCUT2D eigenvalue weighted by Crippen LogP contribution is -2.54. The largest absolute Gasteiger partial charge is 0.488 e. The number of barbiturate groups is 1. The van der Waals surface area contributed by atoms with Crippen LogP contribution in [0.15, 0.2) is 72.3 Å². The Morgan fingerprint density at radius 1 is 0.971 bits per heavy atom. The van der Waals surface area contributed by atoms with Crippen LogP contribution in [0, 0.1) is 13.8 Å². The molecular weight excluding hydrogens is 448 g/mol. The van der Waals surface area contributed by atoms with Gasteiger partial charge in [0.2, 0.25) is 0 Å². The van der Waals surface area contributed by atoms with Crippen LogP contribution in [0.2, 0.25) is 0 Å². The number of amides is 4. The number of aryl methyl sites for hydroxylation is 2. The lowest BCUT2D eigenvalue weighted by atomic mass is 10.0. The molecule has 1 fully saturated rings. The minimum absolute atomic E-state index is 0.0780. The van der Waals surface area contributed by atoms with Crippen molar-refractivity contribution in [1.82, 2.24) is 5.32 Å². The number of para-hydroxylation sites is 1. The van der Waals surface area contributed by atoms with E-state index >= 15 is 0 Å². The summed E-state index contributed by atoms with van der Waals surface area (Å²) in [6, 6.07) is 17.7. The van der Waals surface area contributed by atoms with E-state index in [1.165, 1.54) is 18.2 Å². The van der Waals surface area contributed by atoms with Crippen LogP contribution in [0.3, 0.4) is 0 Å². The highest BCUT2D eigenvalue weighted by Crippen LogP contribution is 2.27. The summed E-state index contributed by atoms with van der Waals surface area (Å²) in [4.78, 5) is 50.5. The molecule has 0 aromatic heterocycles. The van der Waals surface area contributed by atoms with Crippen molar-refractivity contribution in [1.29, 1.82) is 0 Å². The molecule has 0 aliphatic carbocycles. The highest BCUT2D eigenvalue weighted by molar-refractivity contribution is 6.39. The number of anilines is 1. The van der Waals surface area contributed by atoms with Gasteiger partial charge in [0.1, 0.15) is 17.9 Å². The van der Waals surface area contributed by atoms with Crippen LogP contribution in [0.4, 0.5) is 10.5 Å². The van der Waals surface area contributed by atoms with Gasteiger partial charge in [-0.25, -0.2) is 14.5 Å². The third kappa shape index (κ3) is 5.11. The summed E-state index contributed by atoms with van der Waals surface area (Å²) in [6.07, 6.45) is 1.38. The normalized spacial score (nSPS) is 14.7. The third-order valence-corrected chi connectivity index (χ3v) is 5.35. The molecule has 0 saturated carbocycles. The second kappa shape index (κ2) is 9.64. The van der Waals surface area contributed by atoms with Crippen molar-refractivity contribution in [2.45, 2.75) is 20.5 Å². The number of imide groups is 2. The van der Waals surface area contributed by atoms with Crippen molar-refractivity contribution in [3.8, 4) is 5.75 Å². The summed E-state index contributed by atoms with van der Waals surface area (Å²) < 4.78 is 5.87. The Hall–Kier alpha value is -4.72. The fourth-order valence-electron chi connectivity index (χ4n) is 3.81. The van der Waals surface area contributed by atoms with Gasteiger partial charge in [-0.1, -0.05) is 36.4 Å². The maximum atomic E-state index is 13.2. The second-order valence-corrected chi connectivity index (χ2v) is 8.14. The van der Waals surface area contributed by atoms with Gasteiger partial charge in [-0.3, -0.25) is 14.9 Å². The fraction of sp³-hybridized carbons (Fsp3) is 0.111. The molecule has 8 heteroatoms. The highest BCUT2D eigenvalue weighted by atomic mass is 16.5. The summed E-state index contributed by atoms with van der Waals surface area (Å²) in [6.45, 7) is 3.78. The molecule has 0 atom stereocenters. The standard InChI is InChI=1S/C27H22N2O6/c1-16-10-17(2)12-21(11-16)29-25(31)22(24(30)28-27(29)34)14-19-7-3-4-9-23(19)35-15-18-6-5-8-20(13-18)26(32)33/h3-14H,15H2,1-2H3,(H,32,33)(H,28,30,34)/b22-14+. The molecule has 176 valence electrons. The zero-order valence-electron chi connectivity index (χ0n) is 19.1. The van der Waals surface area contributed by atoms with Gasteiger partial charge in [-0.2, -0.15) is 0 Å². The summed E-state index contributed by atoms with van der Waals surface area (Å²) in [5.41, 5.74) is 3.13. The number of urea groups is 1. The molecule has 8 nitrogen and oxygen atoms in total. The number of carbonyl (C=O) groups excluding carboxylic acids is 3. The molecular formula is C27H22N2O6. The van der Waals surface area contributed by atoms with Gasteiger partial charge in [0.25, 0.3) is 11.8 Å². The molecule has 3 aromatic carbocycles. The van der Waals surface area contributed by atoms with Gasteiger partial charge < -0.3 is 9.84 Å². The van der Waals surface area contributed by atoms with E-state index in [-0.39, 0.29) is 17.7 Å². The maximum absolute atomic E-state index is 13.2. The predicted octanol–water partition coefficient (Wildman–Crippen LogP) is 4.25. The van der Waals surface area contributed by atoms with E-state index in [1.807, 2.05) is 19.9 Å². The smallest absolute Gasteiger partial charge is 0.335 e. The molecule has 0 spiro atoms. The third-order valence-electron chi connectivity index (χ3n) is 5.35. The van der Waals surface area contributed by atoms with Crippen LogP contribution in [-0.4, -0.2) is 28.9 Å². The first kappa shape index (κ1) is 23.4. The Bertz CT molecular complexity index is 1370. The van der Waals surface area contributed by atoms with Crippen molar-refractivity contribution >= 4 is 35.6 Å². The molecule has 1 saturated heterocycles. The molecule has 4 amide bonds. The van der Waals surface area contributed by atoms with Crippen LogP contribution in [0.1, 0.15) is 32.6 Å². The Morgan fingerprint density at radius 3 is 2.40 bits per heavy atom.